The van der Waals surface area contributed by atoms with Gasteiger partial charge in [-0.2, -0.15) is 0 Å². The summed E-state index contributed by atoms with van der Waals surface area (Å²) >= 11 is 0. The summed E-state index contributed by atoms with van der Waals surface area (Å²) in [6, 6.07) is 0. The van der Waals surface area contributed by atoms with Crippen LogP contribution in [-0.2, 0) is 9.53 Å². The van der Waals surface area contributed by atoms with Crippen LogP contribution < -0.4 is 0 Å². The Labute approximate surface area is 79.7 Å². The molecule has 74 valence electrons. The molecular weight excluding hydrogens is 166 g/mol. The quantitative estimate of drug-likeness (QED) is 0.373. The lowest BCUT2D eigenvalue weighted by atomic mass is 10.3. The van der Waals surface area contributed by atoms with Gasteiger partial charge >= 0.3 is 5.97 Å². The van der Waals surface area contributed by atoms with Crippen molar-refractivity contribution in [3.05, 3.63) is 17.4 Å². The summed E-state index contributed by atoms with van der Waals surface area (Å²) in [5.41, 5.74) is 3.30. The van der Waals surface area contributed by atoms with Crippen LogP contribution in [0.25, 0.3) is 0 Å². The predicted molar refractivity (Wildman–Crippen MR) is 52.5 cm³/mol. The minimum Gasteiger partial charge on any atom is -0.461 e. The lowest BCUT2D eigenvalue weighted by Gasteiger charge is -2.09. The number of rotatable bonds is 4. The first-order chi connectivity index (χ1) is 6.07. The number of ether oxygens (including phenoxy) is 1. The Morgan fingerprint density at radius 2 is 2.15 bits per heavy atom. The molecule has 0 aromatic rings. The van der Waals surface area contributed by atoms with Gasteiger partial charge in [-0.3, -0.25) is 0 Å². The molecule has 0 radical (unpaired) electrons. The number of nitrogens with zero attached hydrogens (tertiary/aromatic N) is 1. The van der Waals surface area contributed by atoms with Gasteiger partial charge in [-0.25, -0.2) is 4.79 Å². The van der Waals surface area contributed by atoms with Crippen molar-refractivity contribution >= 4 is 5.97 Å². The fourth-order valence-corrected chi connectivity index (χ4v) is 0.705. The average Bonchev–Trinajstić information content (AvgIpc) is 2.04. The lowest BCUT2D eigenvalue weighted by Crippen LogP contribution is -2.20. The van der Waals surface area contributed by atoms with E-state index in [0.717, 1.165) is 6.54 Å². The molecule has 0 fully saturated rings. The zero-order valence-corrected chi connectivity index (χ0v) is 8.76. The van der Waals surface area contributed by atoms with Crippen LogP contribution in [0.4, 0.5) is 0 Å². The first kappa shape index (κ1) is 11.9. The second kappa shape index (κ2) is 6.46. The summed E-state index contributed by atoms with van der Waals surface area (Å²) in [6.07, 6.45) is 1.70. The molecule has 0 atom stereocenters. The van der Waals surface area contributed by atoms with Crippen molar-refractivity contribution in [3.8, 4) is 0 Å². The molecule has 0 N–H and O–H groups in total. The number of carbonyl (C=O) groups excluding carboxylic acids is 1. The summed E-state index contributed by atoms with van der Waals surface area (Å²) in [7, 11) is 3.87. The maximum absolute atomic E-state index is 11.2. The number of likely N-dealkylation sites (N-methyl/N-ethyl adjacent to an activating group) is 1. The highest BCUT2D eigenvalue weighted by Crippen LogP contribution is 1.93. The molecule has 0 spiro atoms. The number of hydrogen-bond donors (Lipinski definition) is 0. The summed E-state index contributed by atoms with van der Waals surface area (Å²) in [6.45, 7) is 4.68. The zero-order chi connectivity index (χ0) is 10.3. The summed E-state index contributed by atoms with van der Waals surface area (Å²) in [5.74, 6) is -0.292. The van der Waals surface area contributed by atoms with Crippen LogP contribution in [0.15, 0.2) is 17.4 Å². The maximum Gasteiger partial charge on any atom is 0.341 e. The highest BCUT2D eigenvalue weighted by atomic mass is 16.5. The Kier molecular flexibility index (Phi) is 5.94. The predicted octanol–water partition coefficient (Wildman–Crippen LogP) is 1.21. The topological polar surface area (TPSA) is 29.5 Å². The van der Waals surface area contributed by atoms with Gasteiger partial charge in [0.05, 0.1) is 5.57 Å². The molecule has 0 rings (SSSR count). The van der Waals surface area contributed by atoms with Crippen LogP contribution in [0.5, 0.6) is 0 Å². The summed E-state index contributed by atoms with van der Waals surface area (Å²) < 4.78 is 4.97. The third-order valence-corrected chi connectivity index (χ3v) is 1.44. The van der Waals surface area contributed by atoms with Crippen molar-refractivity contribution < 1.29 is 9.53 Å². The third kappa shape index (κ3) is 6.14. The van der Waals surface area contributed by atoms with Crippen LogP contribution in [0.3, 0.4) is 0 Å². The van der Waals surface area contributed by atoms with E-state index >= 15 is 0 Å². The highest BCUT2D eigenvalue weighted by Gasteiger charge is 2.03. The van der Waals surface area contributed by atoms with E-state index in [1.807, 2.05) is 25.9 Å². The molecular formula is C10H17NO2. The molecule has 0 saturated heterocycles. The van der Waals surface area contributed by atoms with Crippen molar-refractivity contribution in [3.63, 3.8) is 0 Å². The van der Waals surface area contributed by atoms with Crippen molar-refractivity contribution in [1.29, 1.82) is 0 Å². The van der Waals surface area contributed by atoms with E-state index in [0.29, 0.717) is 12.2 Å². The van der Waals surface area contributed by atoms with Crippen LogP contribution in [0.2, 0.25) is 0 Å². The Balaban J connectivity index is 3.82. The van der Waals surface area contributed by atoms with Gasteiger partial charge in [0.15, 0.2) is 0 Å². The standard InChI is InChI=1S/C10H17NO2/c1-5-6-9(2)10(12)13-8-7-11(3)4/h5H,7-8H2,1-4H3. The van der Waals surface area contributed by atoms with E-state index in [4.69, 9.17) is 4.74 Å². The van der Waals surface area contributed by atoms with Crippen LogP contribution >= 0.6 is 0 Å². The highest BCUT2D eigenvalue weighted by molar-refractivity contribution is 5.87. The molecule has 0 aliphatic rings. The van der Waals surface area contributed by atoms with Gasteiger partial charge in [-0.1, -0.05) is 0 Å². The smallest absolute Gasteiger partial charge is 0.341 e. The van der Waals surface area contributed by atoms with Gasteiger partial charge < -0.3 is 9.64 Å². The van der Waals surface area contributed by atoms with Gasteiger partial charge in [0.25, 0.3) is 0 Å². The van der Waals surface area contributed by atoms with Gasteiger partial charge in [-0.15, -0.1) is 5.73 Å². The SMILES string of the molecule is CC=C=C(C)C(=O)OCCN(C)C. The normalized spacial score (nSPS) is 9.31. The second-order valence-corrected chi connectivity index (χ2v) is 3.00. The molecule has 0 heterocycles. The minimum atomic E-state index is -0.292. The first-order valence-electron chi connectivity index (χ1n) is 4.27. The molecule has 0 amide bonds. The average molecular weight is 183 g/mol. The zero-order valence-electron chi connectivity index (χ0n) is 8.76. The Morgan fingerprint density at radius 3 is 2.62 bits per heavy atom. The Morgan fingerprint density at radius 1 is 1.54 bits per heavy atom. The van der Waals surface area contributed by atoms with E-state index in [2.05, 4.69) is 5.73 Å². The van der Waals surface area contributed by atoms with E-state index in [1.54, 1.807) is 13.0 Å². The second-order valence-electron chi connectivity index (χ2n) is 3.00. The van der Waals surface area contributed by atoms with E-state index in [1.165, 1.54) is 0 Å². The number of esters is 1. The Bertz CT molecular complexity index is 225. The summed E-state index contributed by atoms with van der Waals surface area (Å²) in [4.78, 5) is 13.1. The number of carbonyl (C=O) groups is 1. The van der Waals surface area contributed by atoms with Gasteiger partial charge in [0.2, 0.25) is 0 Å². The van der Waals surface area contributed by atoms with E-state index in [9.17, 15) is 4.79 Å². The van der Waals surface area contributed by atoms with E-state index < -0.39 is 0 Å². The molecule has 3 nitrogen and oxygen atoms in total. The Hall–Kier alpha value is -1.05. The van der Waals surface area contributed by atoms with Crippen molar-refractivity contribution in [2.24, 2.45) is 0 Å². The van der Waals surface area contributed by atoms with Gasteiger partial charge in [0.1, 0.15) is 6.61 Å². The van der Waals surface area contributed by atoms with Gasteiger partial charge in [-0.05, 0) is 34.0 Å². The van der Waals surface area contributed by atoms with E-state index in [-0.39, 0.29) is 5.97 Å². The third-order valence-electron chi connectivity index (χ3n) is 1.44. The molecule has 0 bridgehead atoms. The molecule has 0 aliphatic carbocycles. The van der Waals surface area contributed by atoms with Crippen molar-refractivity contribution in [1.82, 2.24) is 4.90 Å². The molecule has 0 aromatic carbocycles. The lowest BCUT2D eigenvalue weighted by molar-refractivity contribution is -0.139. The molecule has 0 unspecified atom stereocenters. The van der Waals surface area contributed by atoms with Crippen molar-refractivity contribution in [2.45, 2.75) is 13.8 Å². The minimum absolute atomic E-state index is 0.292. The monoisotopic (exact) mass is 183 g/mol. The van der Waals surface area contributed by atoms with Crippen LogP contribution in [0.1, 0.15) is 13.8 Å². The van der Waals surface area contributed by atoms with Crippen LogP contribution in [0, 0.1) is 0 Å². The first-order valence-corrected chi connectivity index (χ1v) is 4.27. The molecule has 0 aromatic heterocycles. The molecule has 0 saturated carbocycles. The largest absolute Gasteiger partial charge is 0.461 e. The van der Waals surface area contributed by atoms with Crippen LogP contribution in [-0.4, -0.2) is 38.1 Å². The maximum atomic E-state index is 11.2. The molecule has 3 heteroatoms. The number of hydrogen-bond acceptors (Lipinski definition) is 3. The molecule has 0 aliphatic heterocycles. The molecule has 13 heavy (non-hydrogen) atoms. The fraction of sp³-hybridized carbons (Fsp3) is 0.600. The fourth-order valence-electron chi connectivity index (χ4n) is 0.705. The van der Waals surface area contributed by atoms with Gasteiger partial charge in [0, 0.05) is 6.54 Å². The summed E-state index contributed by atoms with van der Waals surface area (Å²) in [5, 5.41) is 0. The van der Waals surface area contributed by atoms with Crippen molar-refractivity contribution in [2.75, 3.05) is 27.2 Å².